The Balaban J connectivity index is 1.50. The quantitative estimate of drug-likeness (QED) is 0.826. The Kier molecular flexibility index (Phi) is 6.90. The summed E-state index contributed by atoms with van der Waals surface area (Å²) in [5, 5.41) is 3.36. The van der Waals surface area contributed by atoms with E-state index in [0.717, 1.165) is 24.7 Å². The van der Waals surface area contributed by atoms with Crippen molar-refractivity contribution in [2.45, 2.75) is 13.5 Å². The van der Waals surface area contributed by atoms with Crippen molar-refractivity contribution in [1.82, 2.24) is 9.80 Å². The van der Waals surface area contributed by atoms with Crippen molar-refractivity contribution in [2.75, 3.05) is 38.1 Å². The predicted octanol–water partition coefficient (Wildman–Crippen LogP) is 3.87. The number of anilines is 1. The lowest BCUT2D eigenvalue weighted by Crippen LogP contribution is -2.48. The lowest BCUT2D eigenvalue weighted by Gasteiger charge is -2.34. The first-order valence-electron chi connectivity index (χ1n) is 9.35. The smallest absolute Gasteiger partial charge is 0.411 e. The summed E-state index contributed by atoms with van der Waals surface area (Å²) in [5.74, 6) is 0.00817. The Morgan fingerprint density at radius 3 is 2.25 bits per heavy atom. The molecule has 0 spiro atoms. The van der Waals surface area contributed by atoms with E-state index >= 15 is 0 Å². The number of carbonyl (C=O) groups excluding carboxylic acids is 2. The largest absolute Gasteiger partial charge is 0.450 e. The van der Waals surface area contributed by atoms with Crippen LogP contribution in [0, 0.1) is 0 Å². The zero-order valence-corrected chi connectivity index (χ0v) is 16.6. The monoisotopic (exact) mass is 401 g/mol. The van der Waals surface area contributed by atoms with Gasteiger partial charge in [0.15, 0.2) is 0 Å². The van der Waals surface area contributed by atoms with E-state index in [1.54, 1.807) is 31.2 Å². The first-order chi connectivity index (χ1) is 13.5. The van der Waals surface area contributed by atoms with Crippen LogP contribution in [0.1, 0.15) is 22.8 Å². The van der Waals surface area contributed by atoms with Gasteiger partial charge >= 0.3 is 6.09 Å². The molecule has 1 aliphatic rings. The maximum absolute atomic E-state index is 12.7. The Labute approximate surface area is 170 Å². The van der Waals surface area contributed by atoms with Crippen LogP contribution in [0.3, 0.4) is 0 Å². The van der Waals surface area contributed by atoms with Crippen LogP contribution in [0.15, 0.2) is 48.5 Å². The van der Waals surface area contributed by atoms with Crippen LogP contribution in [0.2, 0.25) is 5.02 Å². The third-order valence-electron chi connectivity index (χ3n) is 4.63. The molecular formula is C21H24ClN3O3. The van der Waals surface area contributed by atoms with Gasteiger partial charge in [0.05, 0.1) is 6.61 Å². The molecule has 0 radical (unpaired) electrons. The van der Waals surface area contributed by atoms with Crippen molar-refractivity contribution in [3.05, 3.63) is 64.7 Å². The van der Waals surface area contributed by atoms with Crippen molar-refractivity contribution in [2.24, 2.45) is 0 Å². The Morgan fingerprint density at radius 1 is 1.00 bits per heavy atom. The van der Waals surface area contributed by atoms with Gasteiger partial charge in [-0.1, -0.05) is 23.7 Å². The van der Waals surface area contributed by atoms with Gasteiger partial charge < -0.3 is 9.64 Å². The molecule has 3 rings (SSSR count). The second kappa shape index (κ2) is 9.57. The van der Waals surface area contributed by atoms with Gasteiger partial charge in [0.2, 0.25) is 0 Å². The third kappa shape index (κ3) is 5.47. The fraction of sp³-hybridized carbons (Fsp3) is 0.333. The van der Waals surface area contributed by atoms with Gasteiger partial charge in [-0.3, -0.25) is 15.0 Å². The molecule has 0 aromatic heterocycles. The summed E-state index contributed by atoms with van der Waals surface area (Å²) in [6.45, 7) is 5.95. The molecule has 28 heavy (non-hydrogen) atoms. The van der Waals surface area contributed by atoms with Crippen molar-refractivity contribution in [3.8, 4) is 0 Å². The number of benzene rings is 2. The normalized spacial score (nSPS) is 14.6. The SMILES string of the molecule is CCOC(=O)Nc1ccc(C(=O)N2CCN(Cc3ccc(Cl)cc3)CC2)cc1. The Morgan fingerprint density at radius 2 is 1.64 bits per heavy atom. The Bertz CT molecular complexity index is 801. The van der Waals surface area contributed by atoms with E-state index in [9.17, 15) is 9.59 Å². The fourth-order valence-corrected chi connectivity index (χ4v) is 3.25. The lowest BCUT2D eigenvalue weighted by atomic mass is 10.1. The molecule has 0 unspecified atom stereocenters. The van der Waals surface area contributed by atoms with Crippen LogP contribution in [-0.4, -0.2) is 54.6 Å². The molecule has 1 fully saturated rings. The fourth-order valence-electron chi connectivity index (χ4n) is 3.12. The van der Waals surface area contributed by atoms with Crippen molar-refractivity contribution in [1.29, 1.82) is 0 Å². The summed E-state index contributed by atoms with van der Waals surface area (Å²) in [7, 11) is 0. The molecule has 2 aromatic rings. The number of carbonyl (C=O) groups is 2. The summed E-state index contributed by atoms with van der Waals surface area (Å²) in [6.07, 6.45) is -0.501. The lowest BCUT2D eigenvalue weighted by molar-refractivity contribution is 0.0628. The Hall–Kier alpha value is -2.57. The van der Waals surface area contributed by atoms with E-state index in [-0.39, 0.29) is 5.91 Å². The first-order valence-corrected chi connectivity index (χ1v) is 9.73. The highest BCUT2D eigenvalue weighted by Gasteiger charge is 2.22. The molecule has 2 aromatic carbocycles. The van der Waals surface area contributed by atoms with E-state index in [0.29, 0.717) is 30.9 Å². The summed E-state index contributed by atoms with van der Waals surface area (Å²) in [6, 6.07) is 14.7. The van der Waals surface area contributed by atoms with Gasteiger partial charge in [0, 0.05) is 49.0 Å². The molecule has 1 aliphatic heterocycles. The molecule has 7 heteroatoms. The van der Waals surface area contributed by atoms with Crippen LogP contribution in [0.25, 0.3) is 0 Å². The number of piperazine rings is 1. The highest BCUT2D eigenvalue weighted by molar-refractivity contribution is 6.30. The van der Waals surface area contributed by atoms with E-state index < -0.39 is 6.09 Å². The topological polar surface area (TPSA) is 61.9 Å². The van der Waals surface area contributed by atoms with Gasteiger partial charge in [-0.05, 0) is 48.9 Å². The van der Waals surface area contributed by atoms with Crippen LogP contribution >= 0.6 is 11.6 Å². The number of halogens is 1. The van der Waals surface area contributed by atoms with Crippen LogP contribution in [-0.2, 0) is 11.3 Å². The number of rotatable bonds is 5. The molecular weight excluding hydrogens is 378 g/mol. The molecule has 1 heterocycles. The minimum absolute atomic E-state index is 0.00817. The maximum Gasteiger partial charge on any atom is 0.411 e. The molecule has 0 saturated carbocycles. The summed E-state index contributed by atoms with van der Waals surface area (Å²) in [4.78, 5) is 28.4. The predicted molar refractivity (Wildman–Crippen MR) is 110 cm³/mol. The van der Waals surface area contributed by atoms with Gasteiger partial charge in [-0.25, -0.2) is 4.79 Å². The number of amides is 2. The molecule has 0 aliphatic carbocycles. The molecule has 1 N–H and O–H groups in total. The minimum atomic E-state index is -0.501. The van der Waals surface area contributed by atoms with Crippen molar-refractivity contribution in [3.63, 3.8) is 0 Å². The van der Waals surface area contributed by atoms with E-state index in [1.165, 1.54) is 5.56 Å². The van der Waals surface area contributed by atoms with Gasteiger partial charge in [0.25, 0.3) is 5.91 Å². The second-order valence-corrected chi connectivity index (χ2v) is 7.05. The zero-order valence-electron chi connectivity index (χ0n) is 15.9. The number of nitrogens with one attached hydrogen (secondary N) is 1. The molecule has 6 nitrogen and oxygen atoms in total. The summed E-state index contributed by atoms with van der Waals surface area (Å²) in [5.41, 5.74) is 2.43. The van der Waals surface area contributed by atoms with Crippen molar-refractivity contribution < 1.29 is 14.3 Å². The maximum atomic E-state index is 12.7. The zero-order chi connectivity index (χ0) is 19.9. The highest BCUT2D eigenvalue weighted by Crippen LogP contribution is 2.16. The summed E-state index contributed by atoms with van der Waals surface area (Å²) >= 11 is 5.93. The number of hydrogen-bond donors (Lipinski definition) is 1. The summed E-state index contributed by atoms with van der Waals surface area (Å²) < 4.78 is 4.84. The average molecular weight is 402 g/mol. The van der Waals surface area contributed by atoms with Crippen molar-refractivity contribution >= 4 is 29.3 Å². The van der Waals surface area contributed by atoms with E-state index in [2.05, 4.69) is 10.2 Å². The van der Waals surface area contributed by atoms with E-state index in [4.69, 9.17) is 16.3 Å². The number of ether oxygens (including phenoxy) is 1. The van der Waals surface area contributed by atoms with Crippen LogP contribution in [0.5, 0.6) is 0 Å². The second-order valence-electron chi connectivity index (χ2n) is 6.62. The molecule has 2 amide bonds. The number of nitrogens with zero attached hydrogens (tertiary/aromatic N) is 2. The van der Waals surface area contributed by atoms with Crippen LogP contribution in [0.4, 0.5) is 10.5 Å². The first kappa shape index (κ1) is 20.2. The number of hydrogen-bond acceptors (Lipinski definition) is 4. The van der Waals surface area contributed by atoms with Gasteiger partial charge in [0.1, 0.15) is 0 Å². The highest BCUT2D eigenvalue weighted by atomic mass is 35.5. The molecule has 0 atom stereocenters. The third-order valence-corrected chi connectivity index (χ3v) is 4.88. The molecule has 1 saturated heterocycles. The molecule has 148 valence electrons. The average Bonchev–Trinajstić information content (AvgIpc) is 2.70. The van der Waals surface area contributed by atoms with Gasteiger partial charge in [-0.15, -0.1) is 0 Å². The van der Waals surface area contributed by atoms with Gasteiger partial charge in [-0.2, -0.15) is 0 Å². The standard InChI is InChI=1S/C21H24ClN3O3/c1-2-28-21(27)23-19-9-5-17(6-10-19)20(26)25-13-11-24(12-14-25)15-16-3-7-18(22)8-4-16/h3-10H,2,11-15H2,1H3,(H,23,27). The van der Waals surface area contributed by atoms with E-state index in [1.807, 2.05) is 29.2 Å². The minimum Gasteiger partial charge on any atom is -0.450 e. The molecule has 0 bridgehead atoms. The van der Waals surface area contributed by atoms with Crippen LogP contribution < -0.4 is 5.32 Å².